The predicted octanol–water partition coefficient (Wildman–Crippen LogP) is 5.75. The third-order valence-corrected chi connectivity index (χ3v) is 11.8. The van der Waals surface area contributed by atoms with Crippen molar-refractivity contribution in [2.45, 2.75) is 150 Å². The lowest BCUT2D eigenvalue weighted by atomic mass is 9.98. The minimum atomic E-state index is -1.10. The maximum atomic E-state index is 13.5. The second kappa shape index (κ2) is 32.2. The zero-order valence-corrected chi connectivity index (χ0v) is 47.2. The Morgan fingerprint density at radius 2 is 1.22 bits per heavy atom. The van der Waals surface area contributed by atoms with E-state index in [1.54, 1.807) is 54.5 Å². The molecule has 3 aromatic rings. The van der Waals surface area contributed by atoms with Crippen molar-refractivity contribution in [3.63, 3.8) is 0 Å². The molecule has 0 aromatic heterocycles. The van der Waals surface area contributed by atoms with Gasteiger partial charge in [0.05, 0.1) is 33.0 Å². The summed E-state index contributed by atoms with van der Waals surface area (Å²) < 4.78 is 27.4. The number of hydrogen-bond donors (Lipinski definition) is 8. The number of ether oxygens (including phenoxy) is 5. The number of methoxy groups -OCH3 is 2. The Balaban J connectivity index is 1.44. The number of hydrazine groups is 1. The van der Waals surface area contributed by atoms with Crippen molar-refractivity contribution in [3.8, 4) is 17.2 Å². The molecule has 0 radical (unpaired) electrons. The molecule has 430 valence electrons. The maximum Gasteiger partial charge on any atom is 0.408 e. The molecule has 22 nitrogen and oxygen atoms in total. The number of carbonyl (C=O) groups is 9. The first-order valence-electron chi connectivity index (χ1n) is 26.4. The molecule has 0 aliphatic rings. The van der Waals surface area contributed by atoms with E-state index >= 15 is 0 Å². The maximum absolute atomic E-state index is 13.5. The van der Waals surface area contributed by atoms with Gasteiger partial charge in [0.15, 0.2) is 0 Å². The summed E-state index contributed by atoms with van der Waals surface area (Å²) in [5, 5.41) is 18.1. The van der Waals surface area contributed by atoms with Gasteiger partial charge >= 0.3 is 12.1 Å². The summed E-state index contributed by atoms with van der Waals surface area (Å²) in [5.41, 5.74) is 4.20. The van der Waals surface area contributed by atoms with Crippen molar-refractivity contribution in [2.75, 3.05) is 39.3 Å². The second-order valence-electron chi connectivity index (χ2n) is 20.9. The molecule has 0 aliphatic heterocycles. The number of nitrogens with one attached hydrogen (secondary N) is 8. The molecule has 0 bridgehead atoms. The van der Waals surface area contributed by atoms with Crippen LogP contribution in [0.15, 0.2) is 54.6 Å². The van der Waals surface area contributed by atoms with Crippen LogP contribution < -0.4 is 57.0 Å². The van der Waals surface area contributed by atoms with E-state index in [0.717, 1.165) is 10.8 Å². The number of esters is 1. The van der Waals surface area contributed by atoms with Crippen LogP contribution in [0.2, 0.25) is 0 Å². The quantitative estimate of drug-likeness (QED) is 0.0224. The molecule has 0 unspecified atom stereocenters. The van der Waals surface area contributed by atoms with Crippen LogP contribution in [-0.4, -0.2) is 117 Å². The first-order chi connectivity index (χ1) is 36.8. The summed E-state index contributed by atoms with van der Waals surface area (Å²) >= 11 is 0. The fourth-order valence-corrected chi connectivity index (χ4v) is 7.80. The zero-order valence-electron chi connectivity index (χ0n) is 47.2. The number of rotatable bonds is 30. The highest BCUT2D eigenvalue weighted by Crippen LogP contribution is 2.26. The van der Waals surface area contributed by atoms with Gasteiger partial charge in [-0.1, -0.05) is 53.7 Å². The van der Waals surface area contributed by atoms with Crippen molar-refractivity contribution in [1.29, 1.82) is 0 Å². The van der Waals surface area contributed by atoms with Crippen molar-refractivity contribution in [1.82, 2.24) is 37.4 Å². The Bertz CT molecular complexity index is 2530. The highest BCUT2D eigenvalue weighted by molar-refractivity contribution is 6.00. The summed E-state index contributed by atoms with van der Waals surface area (Å²) in [6.07, 6.45) is 1.62. The third-order valence-electron chi connectivity index (χ3n) is 11.8. The first kappa shape index (κ1) is 64.6. The van der Waals surface area contributed by atoms with Crippen LogP contribution in [-0.2, 0) is 43.0 Å². The zero-order chi connectivity index (χ0) is 58.1. The largest absolute Gasteiger partial charge is 0.496 e. The Morgan fingerprint density at radius 1 is 0.603 bits per heavy atom. The van der Waals surface area contributed by atoms with Gasteiger partial charge in [-0.05, 0) is 130 Å². The first-order valence-corrected chi connectivity index (χ1v) is 26.4. The molecular weight excluding hydrogens is 1010 g/mol. The molecule has 0 spiro atoms. The number of carbonyl (C=O) groups excluding carboxylic acids is 9. The number of unbranched alkanes of at least 4 members (excludes halogenated alkanes) is 1. The highest BCUT2D eigenvalue weighted by atomic mass is 16.6. The van der Waals surface area contributed by atoms with Gasteiger partial charge in [-0.2, -0.15) is 0 Å². The molecule has 0 aliphatic carbocycles. The van der Waals surface area contributed by atoms with Crippen LogP contribution in [0.1, 0.15) is 131 Å². The number of anilines is 1. The molecule has 8 amide bonds. The number of hydrogen-bond acceptors (Lipinski definition) is 14. The number of benzene rings is 3. The molecule has 0 saturated carbocycles. The van der Waals surface area contributed by atoms with Gasteiger partial charge in [0.1, 0.15) is 47.0 Å². The summed E-state index contributed by atoms with van der Waals surface area (Å²) in [7, 11) is 2.61. The normalized spacial score (nSPS) is 12.8. The molecule has 0 saturated heterocycles. The van der Waals surface area contributed by atoms with Crippen LogP contribution in [0.25, 0.3) is 10.8 Å². The predicted molar refractivity (Wildman–Crippen MR) is 293 cm³/mol. The summed E-state index contributed by atoms with van der Waals surface area (Å²) in [6.45, 7) is 18.2. The van der Waals surface area contributed by atoms with Crippen LogP contribution in [0.4, 0.5) is 10.5 Å². The Morgan fingerprint density at radius 3 is 1.77 bits per heavy atom. The summed E-state index contributed by atoms with van der Waals surface area (Å²) in [5.74, 6) is -3.04. The fraction of sp³-hybridized carbons (Fsp3) is 0.554. The van der Waals surface area contributed by atoms with Gasteiger partial charge in [-0.15, -0.1) is 0 Å². The molecule has 0 heterocycles. The van der Waals surface area contributed by atoms with E-state index in [9.17, 15) is 43.2 Å². The van der Waals surface area contributed by atoms with E-state index in [0.29, 0.717) is 55.8 Å². The van der Waals surface area contributed by atoms with Crippen molar-refractivity contribution >= 4 is 69.9 Å². The Labute approximate surface area is 457 Å². The standard InChI is InChI=1S/C56H82N8O14/c1-33(2)29-44(51(69)62-49(35(5)6)54(72)75-12)59-53(71)48(34(3)4)61-47(67)19-16-28-77-41-24-21-37-20-23-40(30-38(37)31-41)76-27-15-18-46(66)57-26-14-13-17-43(60-55(73)78-56(8,9)10)52(70)64-63-50(68)42-32-39(58-36(7)65)22-25-45(42)74-11/h20-25,30-35,43-44,48-49H,13-19,26-29H2,1-12H3,(H,57,66)(H,58,65)(H,59,71)(H,60,73)(H,61,67)(H,62,69)(H,63,68)(H,64,70)/t43-,44+,48+,49+/m1/s1. The van der Waals surface area contributed by atoms with E-state index in [1.165, 1.54) is 33.3 Å². The van der Waals surface area contributed by atoms with Crippen LogP contribution in [0.5, 0.6) is 17.2 Å². The van der Waals surface area contributed by atoms with E-state index in [2.05, 4.69) is 42.8 Å². The summed E-state index contributed by atoms with van der Waals surface area (Å²) in [4.78, 5) is 115. The minimum absolute atomic E-state index is 0.0378. The SMILES string of the molecule is COC(=O)[C@@H](NC(=O)[C@H](CC(C)C)NC(=O)[C@@H](NC(=O)CCCOc1ccc2ccc(OCCCC(=O)NCCCC[C@@H](NC(=O)OC(C)(C)C)C(=O)NNC(=O)c3cc(NC(C)=O)ccc3OC)cc2c1)C(C)C)C(C)C. The van der Waals surface area contributed by atoms with Crippen LogP contribution >= 0.6 is 0 Å². The molecule has 3 rings (SSSR count). The van der Waals surface area contributed by atoms with Gasteiger partial charge in [-0.25, -0.2) is 9.59 Å². The summed E-state index contributed by atoms with van der Waals surface area (Å²) in [6, 6.07) is 11.8. The molecule has 78 heavy (non-hydrogen) atoms. The minimum Gasteiger partial charge on any atom is -0.496 e. The van der Waals surface area contributed by atoms with E-state index in [1.807, 2.05) is 50.2 Å². The van der Waals surface area contributed by atoms with Gasteiger partial charge in [0.25, 0.3) is 11.8 Å². The number of amides is 8. The fourth-order valence-electron chi connectivity index (χ4n) is 7.80. The molecule has 4 atom stereocenters. The highest BCUT2D eigenvalue weighted by Gasteiger charge is 2.33. The Kier molecular flexibility index (Phi) is 26.7. The van der Waals surface area contributed by atoms with Crippen molar-refractivity contribution < 1.29 is 66.8 Å². The van der Waals surface area contributed by atoms with Crippen molar-refractivity contribution in [3.05, 3.63) is 60.2 Å². The lowest BCUT2D eigenvalue weighted by Crippen LogP contribution is -2.57. The monoisotopic (exact) mass is 1090 g/mol. The van der Waals surface area contributed by atoms with Gasteiger partial charge in [-0.3, -0.25) is 44.4 Å². The second-order valence-corrected chi connectivity index (χ2v) is 20.9. The van der Waals surface area contributed by atoms with Crippen molar-refractivity contribution in [2.24, 2.45) is 17.8 Å². The lowest BCUT2D eigenvalue weighted by molar-refractivity contribution is -0.146. The molecule has 3 aromatic carbocycles. The van der Waals surface area contributed by atoms with Crippen LogP contribution in [0.3, 0.4) is 0 Å². The number of fused-ring (bicyclic) bond motifs is 1. The van der Waals surface area contributed by atoms with Crippen LogP contribution in [0, 0.1) is 17.8 Å². The molecular formula is C56H82N8O14. The average molecular weight is 1090 g/mol. The van der Waals surface area contributed by atoms with E-state index in [4.69, 9.17) is 23.7 Å². The smallest absolute Gasteiger partial charge is 0.408 e. The third kappa shape index (κ3) is 23.3. The van der Waals surface area contributed by atoms with E-state index in [-0.39, 0.29) is 79.3 Å². The Hall–Kier alpha value is -7.65. The number of alkyl carbamates (subject to hydrolysis) is 1. The lowest BCUT2D eigenvalue weighted by Gasteiger charge is -2.28. The molecule has 22 heteroatoms. The van der Waals surface area contributed by atoms with Gasteiger partial charge in [0.2, 0.25) is 29.5 Å². The van der Waals surface area contributed by atoms with Gasteiger partial charge < -0.3 is 55.6 Å². The van der Waals surface area contributed by atoms with E-state index < -0.39 is 65.5 Å². The molecule has 0 fully saturated rings. The topological polar surface area (TPSA) is 296 Å². The molecule has 8 N–H and O–H groups in total. The average Bonchev–Trinajstić information content (AvgIpc) is 3.36. The van der Waals surface area contributed by atoms with Gasteiger partial charge in [0, 0.05) is 32.0 Å².